The van der Waals surface area contributed by atoms with Gasteiger partial charge in [-0.25, -0.2) is 0 Å². The molecule has 66 valence electrons. The molecule has 0 fully saturated rings. The van der Waals surface area contributed by atoms with Gasteiger partial charge in [-0.1, -0.05) is 0 Å². The van der Waals surface area contributed by atoms with Crippen LogP contribution in [0, 0.1) is 0 Å². The number of hydrogen-bond donors (Lipinski definition) is 0. The zero-order chi connectivity index (χ0) is 9.19. The number of rotatable bonds is 2. The van der Waals surface area contributed by atoms with Crippen LogP contribution in [0.4, 0.5) is 4.39 Å². The molecule has 0 spiro atoms. The number of nitrogens with zero attached hydrogens (tertiary/aromatic N) is 1. The molecule has 0 aliphatic heterocycles. The van der Waals surface area contributed by atoms with Crippen LogP contribution in [0.25, 0.3) is 0 Å². The van der Waals surface area contributed by atoms with Gasteiger partial charge in [0.2, 0.25) is 0 Å². The summed E-state index contributed by atoms with van der Waals surface area (Å²) < 4.78 is 13.7. The molecule has 1 aromatic rings. The molecule has 1 nitrogen and oxygen atoms in total. The minimum atomic E-state index is -0.609. The molecule has 0 amide bonds. The van der Waals surface area contributed by atoms with Gasteiger partial charge in [-0.15, -0.1) is 0 Å². The van der Waals surface area contributed by atoms with Gasteiger partial charge >= 0.3 is 86.8 Å². The zero-order valence-electron chi connectivity index (χ0n) is 7.52. The summed E-state index contributed by atoms with van der Waals surface area (Å²) in [5.74, 6) is 0. The van der Waals surface area contributed by atoms with Crippen LogP contribution in [0.1, 0.15) is 25.8 Å². The van der Waals surface area contributed by atoms with Crippen LogP contribution in [-0.2, 0) is 6.67 Å². The molecule has 1 rings (SSSR count). The monoisotopic (exact) mass is 293 g/mol. The van der Waals surface area contributed by atoms with Gasteiger partial charge in [0.15, 0.2) is 0 Å². The van der Waals surface area contributed by atoms with E-state index in [0.717, 1.165) is 0 Å². The Kier molecular flexibility index (Phi) is 3.52. The summed E-state index contributed by atoms with van der Waals surface area (Å²) in [5, 5.41) is 2.65. The number of hydrogen-bond acceptors (Lipinski definition) is 2. The van der Waals surface area contributed by atoms with Gasteiger partial charge < -0.3 is 0 Å². The first kappa shape index (κ1) is 10.4. The molecule has 0 aliphatic carbocycles. The molecule has 0 saturated carbocycles. The van der Waals surface area contributed by atoms with Crippen LogP contribution in [0.5, 0.6) is 0 Å². The third kappa shape index (κ3) is 3.39. The SMILES string of the molecule is C[C](C)(C)[Sn][c]1csc(CF)n1. The minimum absolute atomic E-state index is 0.408. The van der Waals surface area contributed by atoms with Gasteiger partial charge in [-0.05, 0) is 0 Å². The van der Waals surface area contributed by atoms with E-state index in [1.165, 1.54) is 15.0 Å². The maximum atomic E-state index is 12.1. The Labute approximate surface area is 86.6 Å². The summed E-state index contributed by atoms with van der Waals surface area (Å²) >= 11 is 0.838. The first-order chi connectivity index (χ1) is 5.51. The average Bonchev–Trinajstić information content (AvgIpc) is 2.32. The van der Waals surface area contributed by atoms with Gasteiger partial charge in [0.25, 0.3) is 0 Å². The third-order valence-corrected chi connectivity index (χ3v) is 6.18. The van der Waals surface area contributed by atoms with Crippen molar-refractivity contribution in [3.05, 3.63) is 10.4 Å². The second-order valence-electron chi connectivity index (χ2n) is 3.64. The molecule has 1 aromatic heterocycles. The summed E-state index contributed by atoms with van der Waals surface area (Å²) in [4.78, 5) is 4.23. The summed E-state index contributed by atoms with van der Waals surface area (Å²) in [6.07, 6.45) is 0. The van der Waals surface area contributed by atoms with E-state index in [2.05, 4.69) is 25.8 Å². The molecule has 0 bridgehead atoms. The van der Waals surface area contributed by atoms with E-state index in [1.807, 2.05) is 5.38 Å². The quantitative estimate of drug-likeness (QED) is 0.761. The van der Waals surface area contributed by atoms with Gasteiger partial charge in [0.1, 0.15) is 0 Å². The van der Waals surface area contributed by atoms with Gasteiger partial charge in [-0.2, -0.15) is 0 Å². The van der Waals surface area contributed by atoms with E-state index in [-0.39, 0.29) is 0 Å². The summed E-state index contributed by atoms with van der Waals surface area (Å²) in [7, 11) is 0. The molecular weight excluding hydrogens is 280 g/mol. The normalized spacial score (nSPS) is 12.0. The van der Waals surface area contributed by atoms with Crippen LogP contribution in [0.3, 0.4) is 0 Å². The Morgan fingerprint density at radius 3 is 2.67 bits per heavy atom. The van der Waals surface area contributed by atoms with Gasteiger partial charge in [0.05, 0.1) is 0 Å². The zero-order valence-corrected chi connectivity index (χ0v) is 11.2. The van der Waals surface area contributed by atoms with Crippen molar-refractivity contribution < 1.29 is 4.39 Å². The van der Waals surface area contributed by atoms with Gasteiger partial charge in [-0.3, -0.25) is 0 Å². The summed E-state index contributed by atoms with van der Waals surface area (Å²) in [6.45, 7) is 6.28. The number of aromatic nitrogens is 1. The first-order valence-corrected chi connectivity index (χ1v) is 7.53. The number of alkyl halides is 1. The second-order valence-corrected chi connectivity index (χ2v) is 11.0. The Bertz CT molecular complexity index is 254. The molecule has 12 heavy (non-hydrogen) atoms. The Morgan fingerprint density at radius 1 is 1.58 bits per heavy atom. The topological polar surface area (TPSA) is 12.9 Å². The molecule has 1 heterocycles. The van der Waals surface area contributed by atoms with E-state index in [4.69, 9.17) is 0 Å². The van der Waals surface area contributed by atoms with E-state index < -0.39 is 27.8 Å². The molecule has 0 N–H and O–H groups in total. The van der Waals surface area contributed by atoms with Crippen LogP contribution < -0.4 is 3.71 Å². The van der Waals surface area contributed by atoms with E-state index in [9.17, 15) is 4.39 Å². The van der Waals surface area contributed by atoms with Crippen molar-refractivity contribution in [2.45, 2.75) is 30.9 Å². The fraction of sp³-hybridized carbons (Fsp3) is 0.625. The predicted molar refractivity (Wildman–Crippen MR) is 52.0 cm³/mol. The molecule has 4 heteroatoms. The van der Waals surface area contributed by atoms with Crippen molar-refractivity contribution in [1.29, 1.82) is 0 Å². The number of halogens is 1. The van der Waals surface area contributed by atoms with E-state index in [1.54, 1.807) is 0 Å². The van der Waals surface area contributed by atoms with Crippen molar-refractivity contribution in [1.82, 2.24) is 4.98 Å². The molecule has 0 unspecified atom stereocenters. The van der Waals surface area contributed by atoms with Crippen molar-refractivity contribution in [2.24, 2.45) is 0 Å². The van der Waals surface area contributed by atoms with Crippen LogP contribution in [-0.4, -0.2) is 26.1 Å². The molecule has 0 saturated heterocycles. The van der Waals surface area contributed by atoms with Crippen LogP contribution in [0.15, 0.2) is 5.38 Å². The first-order valence-electron chi connectivity index (χ1n) is 3.80. The van der Waals surface area contributed by atoms with Crippen LogP contribution >= 0.6 is 11.3 Å². The molecule has 2 radical (unpaired) electrons. The maximum absolute atomic E-state index is 12.1. The van der Waals surface area contributed by atoms with Gasteiger partial charge in [0, 0.05) is 0 Å². The van der Waals surface area contributed by atoms with Crippen LogP contribution in [0.2, 0.25) is 3.43 Å². The molecule has 0 aromatic carbocycles. The van der Waals surface area contributed by atoms with Crippen molar-refractivity contribution >= 4 is 36.2 Å². The predicted octanol–water partition coefficient (Wildman–Crippen LogP) is 2.16. The second kappa shape index (κ2) is 4.04. The van der Waals surface area contributed by atoms with E-state index >= 15 is 0 Å². The third-order valence-electron chi connectivity index (χ3n) is 1.17. The summed E-state index contributed by atoms with van der Waals surface area (Å²) in [6, 6.07) is 0. The van der Waals surface area contributed by atoms with E-state index in [0.29, 0.717) is 8.44 Å². The van der Waals surface area contributed by atoms with Crippen molar-refractivity contribution in [3.63, 3.8) is 0 Å². The fourth-order valence-electron chi connectivity index (χ4n) is 0.814. The van der Waals surface area contributed by atoms with Crippen molar-refractivity contribution in [2.75, 3.05) is 0 Å². The fourth-order valence-corrected chi connectivity index (χ4v) is 5.37. The number of thiazole rings is 1. The molecule has 0 atom stereocenters. The Morgan fingerprint density at radius 2 is 2.25 bits per heavy atom. The summed E-state index contributed by atoms with van der Waals surface area (Å²) in [5.41, 5.74) is 0. The average molecular weight is 292 g/mol. The molecular formula is C8H12FNSSn. The molecule has 0 aliphatic rings. The Hall–Kier alpha value is 0.359. The van der Waals surface area contributed by atoms with Crippen molar-refractivity contribution in [3.8, 4) is 0 Å². The standard InChI is InChI=1S/C4H3FNS.C4H9.Sn/c5-3-4-6-1-2-7-4;1-4(2)3;/h2H,3H2;1-3H3;. The Balaban J connectivity index is 2.64.